The van der Waals surface area contributed by atoms with Gasteiger partial charge in [-0.2, -0.15) is 0 Å². The van der Waals surface area contributed by atoms with Gasteiger partial charge in [0.05, 0.1) is 7.11 Å². The van der Waals surface area contributed by atoms with E-state index in [-0.39, 0.29) is 5.91 Å². The van der Waals surface area contributed by atoms with Gasteiger partial charge in [-0.15, -0.1) is 0 Å². The van der Waals surface area contributed by atoms with Crippen molar-refractivity contribution in [3.63, 3.8) is 0 Å². The van der Waals surface area contributed by atoms with Crippen molar-refractivity contribution in [3.05, 3.63) is 24.3 Å². The Morgan fingerprint density at radius 1 is 1.09 bits per heavy atom. The number of hydrogen-bond donors (Lipinski definition) is 1. The zero-order chi connectivity index (χ0) is 16.5. The maximum absolute atomic E-state index is 12.5. The quantitative estimate of drug-likeness (QED) is 0.859. The number of benzene rings is 1. The van der Waals surface area contributed by atoms with Crippen LogP contribution in [0.2, 0.25) is 0 Å². The van der Waals surface area contributed by atoms with E-state index in [1.807, 2.05) is 31.2 Å². The van der Waals surface area contributed by atoms with Crippen LogP contribution < -0.4 is 14.8 Å². The molecule has 2 rings (SSSR count). The van der Waals surface area contributed by atoms with Gasteiger partial charge in [0.25, 0.3) is 5.91 Å². The third-order valence-electron chi connectivity index (χ3n) is 4.45. The highest BCUT2D eigenvalue weighted by atomic mass is 16.5. The van der Waals surface area contributed by atoms with Crippen molar-refractivity contribution in [2.45, 2.75) is 70.4 Å². The van der Waals surface area contributed by atoms with E-state index in [1.165, 1.54) is 32.1 Å². The fourth-order valence-electron chi connectivity index (χ4n) is 3.04. The fraction of sp³-hybridized carbons (Fsp3) is 0.632. The van der Waals surface area contributed by atoms with Crippen molar-refractivity contribution in [1.29, 1.82) is 0 Å². The average Bonchev–Trinajstić information content (AvgIpc) is 2.55. The zero-order valence-corrected chi connectivity index (χ0v) is 14.3. The monoisotopic (exact) mass is 319 g/mol. The lowest BCUT2D eigenvalue weighted by Gasteiger charge is -2.24. The largest absolute Gasteiger partial charge is 0.497 e. The van der Waals surface area contributed by atoms with Crippen molar-refractivity contribution in [3.8, 4) is 11.5 Å². The molecule has 23 heavy (non-hydrogen) atoms. The van der Waals surface area contributed by atoms with Crippen molar-refractivity contribution in [2.75, 3.05) is 7.11 Å². The molecule has 1 aliphatic rings. The molecule has 0 heterocycles. The first-order valence-electron chi connectivity index (χ1n) is 8.84. The van der Waals surface area contributed by atoms with E-state index < -0.39 is 6.10 Å². The highest BCUT2D eigenvalue weighted by Gasteiger charge is 2.22. The Hall–Kier alpha value is -1.71. The Balaban J connectivity index is 1.88. The number of rotatable bonds is 6. The predicted molar refractivity (Wildman–Crippen MR) is 92.0 cm³/mol. The Bertz CT molecular complexity index is 464. The molecule has 128 valence electrons. The second-order valence-electron chi connectivity index (χ2n) is 6.24. The van der Waals surface area contributed by atoms with Crippen LogP contribution in [0.5, 0.6) is 11.5 Å². The molecule has 1 aromatic rings. The molecule has 0 saturated heterocycles. The topological polar surface area (TPSA) is 47.6 Å². The lowest BCUT2D eigenvalue weighted by molar-refractivity contribution is -0.129. The highest BCUT2D eigenvalue weighted by molar-refractivity contribution is 5.81. The number of carbonyl (C=O) groups excluding carboxylic acids is 1. The molecule has 4 nitrogen and oxygen atoms in total. The molecule has 1 aromatic carbocycles. The second kappa shape index (κ2) is 9.43. The van der Waals surface area contributed by atoms with Crippen LogP contribution in [0.1, 0.15) is 58.3 Å². The highest BCUT2D eigenvalue weighted by Crippen LogP contribution is 2.20. The van der Waals surface area contributed by atoms with Crippen molar-refractivity contribution < 1.29 is 14.3 Å². The molecule has 1 aliphatic carbocycles. The van der Waals surface area contributed by atoms with E-state index in [1.54, 1.807) is 7.11 Å². The summed E-state index contributed by atoms with van der Waals surface area (Å²) in [4.78, 5) is 12.5. The SMILES string of the molecule is CC[C@H](Oc1ccc(OC)cc1)C(=O)NC1CCCCCCC1. The first-order chi connectivity index (χ1) is 11.2. The van der Waals surface area contributed by atoms with Crippen LogP contribution in [0.3, 0.4) is 0 Å². The van der Waals surface area contributed by atoms with Crippen LogP contribution >= 0.6 is 0 Å². The molecule has 1 N–H and O–H groups in total. The molecule has 1 atom stereocenters. The van der Waals surface area contributed by atoms with Gasteiger partial charge in [-0.1, -0.05) is 39.0 Å². The van der Waals surface area contributed by atoms with Gasteiger partial charge in [0, 0.05) is 6.04 Å². The van der Waals surface area contributed by atoms with Gasteiger partial charge in [0.1, 0.15) is 11.5 Å². The van der Waals surface area contributed by atoms with E-state index in [9.17, 15) is 4.79 Å². The lowest BCUT2D eigenvalue weighted by atomic mass is 9.96. The normalized spacial score (nSPS) is 17.7. The smallest absolute Gasteiger partial charge is 0.261 e. The molecule has 1 fully saturated rings. The summed E-state index contributed by atoms with van der Waals surface area (Å²) in [5.41, 5.74) is 0. The minimum atomic E-state index is -0.436. The summed E-state index contributed by atoms with van der Waals surface area (Å²) in [5.74, 6) is 1.49. The van der Waals surface area contributed by atoms with Crippen LogP contribution in [0.15, 0.2) is 24.3 Å². The summed E-state index contributed by atoms with van der Waals surface area (Å²) < 4.78 is 11.0. The lowest BCUT2D eigenvalue weighted by Crippen LogP contribution is -2.43. The number of nitrogens with one attached hydrogen (secondary N) is 1. The Morgan fingerprint density at radius 2 is 1.65 bits per heavy atom. The summed E-state index contributed by atoms with van der Waals surface area (Å²) >= 11 is 0. The van der Waals surface area contributed by atoms with Gasteiger partial charge < -0.3 is 14.8 Å². The molecular formula is C19H29NO3. The van der Waals surface area contributed by atoms with Crippen LogP contribution in [0.25, 0.3) is 0 Å². The standard InChI is InChI=1S/C19H29NO3/c1-3-18(23-17-13-11-16(22-2)12-14-17)19(21)20-15-9-7-5-4-6-8-10-15/h11-15,18H,3-10H2,1-2H3,(H,20,21)/t18-/m0/s1. The van der Waals surface area contributed by atoms with E-state index >= 15 is 0 Å². The molecule has 0 aliphatic heterocycles. The minimum absolute atomic E-state index is 0.00823. The number of carbonyl (C=O) groups is 1. The molecule has 0 radical (unpaired) electrons. The van der Waals surface area contributed by atoms with Gasteiger partial charge in [-0.25, -0.2) is 0 Å². The van der Waals surface area contributed by atoms with E-state index in [4.69, 9.17) is 9.47 Å². The van der Waals surface area contributed by atoms with Crippen LogP contribution in [0.4, 0.5) is 0 Å². The maximum Gasteiger partial charge on any atom is 0.261 e. The maximum atomic E-state index is 12.5. The van der Waals surface area contributed by atoms with Gasteiger partial charge in [0.2, 0.25) is 0 Å². The van der Waals surface area contributed by atoms with E-state index in [0.29, 0.717) is 18.2 Å². The third-order valence-corrected chi connectivity index (χ3v) is 4.45. The summed E-state index contributed by atoms with van der Waals surface area (Å²) in [5, 5.41) is 3.19. The molecule has 0 unspecified atom stereocenters. The molecule has 0 bridgehead atoms. The summed E-state index contributed by atoms with van der Waals surface area (Å²) in [6.07, 6.45) is 8.72. The Labute approximate surface area is 139 Å². The minimum Gasteiger partial charge on any atom is -0.497 e. The molecule has 1 amide bonds. The van der Waals surface area contributed by atoms with Crippen LogP contribution in [-0.2, 0) is 4.79 Å². The summed E-state index contributed by atoms with van der Waals surface area (Å²) in [6.45, 7) is 1.98. The second-order valence-corrected chi connectivity index (χ2v) is 6.24. The summed E-state index contributed by atoms with van der Waals surface area (Å²) in [7, 11) is 1.63. The molecule has 4 heteroatoms. The van der Waals surface area contributed by atoms with Gasteiger partial charge >= 0.3 is 0 Å². The Kier molecular flexibility index (Phi) is 7.24. The third kappa shape index (κ3) is 5.77. The first-order valence-corrected chi connectivity index (χ1v) is 8.84. The van der Waals surface area contributed by atoms with Gasteiger partial charge in [-0.05, 0) is 43.5 Å². The van der Waals surface area contributed by atoms with Crippen molar-refractivity contribution in [1.82, 2.24) is 5.32 Å². The summed E-state index contributed by atoms with van der Waals surface area (Å²) in [6, 6.07) is 7.66. The number of amides is 1. The molecule has 0 aromatic heterocycles. The molecular weight excluding hydrogens is 290 g/mol. The Morgan fingerprint density at radius 3 is 2.22 bits per heavy atom. The average molecular weight is 319 g/mol. The predicted octanol–water partition coefficient (Wildman–Crippen LogP) is 4.08. The number of hydrogen-bond acceptors (Lipinski definition) is 3. The zero-order valence-electron chi connectivity index (χ0n) is 14.3. The van der Waals surface area contributed by atoms with E-state index in [0.717, 1.165) is 18.6 Å². The number of methoxy groups -OCH3 is 1. The van der Waals surface area contributed by atoms with E-state index in [2.05, 4.69) is 5.32 Å². The molecule has 1 saturated carbocycles. The van der Waals surface area contributed by atoms with Gasteiger partial charge in [-0.3, -0.25) is 4.79 Å². The molecule has 0 spiro atoms. The fourth-order valence-corrected chi connectivity index (χ4v) is 3.04. The van der Waals surface area contributed by atoms with Crippen molar-refractivity contribution >= 4 is 5.91 Å². The van der Waals surface area contributed by atoms with Gasteiger partial charge in [0.15, 0.2) is 6.10 Å². The van der Waals surface area contributed by atoms with Crippen LogP contribution in [0, 0.1) is 0 Å². The van der Waals surface area contributed by atoms with Crippen LogP contribution in [-0.4, -0.2) is 25.2 Å². The first kappa shape index (κ1) is 17.6. The number of ether oxygens (including phenoxy) is 2. The van der Waals surface area contributed by atoms with Crippen molar-refractivity contribution in [2.24, 2.45) is 0 Å².